The Morgan fingerprint density at radius 3 is 2.89 bits per heavy atom. The highest BCUT2D eigenvalue weighted by Crippen LogP contribution is 2.24. The van der Waals surface area contributed by atoms with Crippen molar-refractivity contribution < 1.29 is 0 Å². The van der Waals surface area contributed by atoms with Crippen LogP contribution in [0.1, 0.15) is 24.2 Å². The second-order valence-electron chi connectivity index (χ2n) is 6.72. The molecule has 1 aliphatic heterocycles. The van der Waals surface area contributed by atoms with Crippen molar-refractivity contribution in [2.24, 2.45) is 0 Å². The fourth-order valence-corrected chi connectivity index (χ4v) is 3.43. The average Bonchev–Trinajstić information content (AvgIpc) is 3.16. The quantitative estimate of drug-likeness (QED) is 0.556. The summed E-state index contributed by atoms with van der Waals surface area (Å²) in [5.74, 6) is 1.50. The van der Waals surface area contributed by atoms with E-state index in [9.17, 15) is 0 Å². The second-order valence-corrected chi connectivity index (χ2v) is 6.72. The van der Waals surface area contributed by atoms with E-state index in [1.54, 1.807) is 0 Å². The van der Waals surface area contributed by atoms with Gasteiger partial charge in [0.1, 0.15) is 5.82 Å². The lowest BCUT2D eigenvalue weighted by molar-refractivity contribution is 0.249. The van der Waals surface area contributed by atoms with E-state index in [1.807, 2.05) is 12.2 Å². The Labute approximate surface area is 157 Å². The maximum Gasteiger partial charge on any atom is 0.225 e. The van der Waals surface area contributed by atoms with Crippen molar-refractivity contribution in [3.63, 3.8) is 0 Å². The molecule has 3 heterocycles. The minimum atomic E-state index is 0.269. The molecule has 1 aliphatic carbocycles. The molecule has 2 aromatic heterocycles. The zero-order valence-corrected chi connectivity index (χ0v) is 15.3. The van der Waals surface area contributed by atoms with Crippen molar-refractivity contribution in [3.05, 3.63) is 29.6 Å². The predicted octanol–water partition coefficient (Wildman–Crippen LogP) is 0.755. The van der Waals surface area contributed by atoms with Crippen LogP contribution in [0.2, 0.25) is 0 Å². The van der Waals surface area contributed by atoms with Crippen LogP contribution >= 0.6 is 0 Å². The Balaban J connectivity index is 1.58. The molecule has 142 valence electrons. The first-order valence-corrected chi connectivity index (χ1v) is 9.36. The van der Waals surface area contributed by atoms with Gasteiger partial charge in [-0.3, -0.25) is 4.90 Å². The first-order valence-electron chi connectivity index (χ1n) is 9.36. The molecule has 9 nitrogen and oxygen atoms in total. The van der Waals surface area contributed by atoms with Gasteiger partial charge in [-0.2, -0.15) is 9.50 Å². The van der Waals surface area contributed by atoms with Gasteiger partial charge >= 0.3 is 0 Å². The first-order chi connectivity index (χ1) is 13.3. The van der Waals surface area contributed by atoms with E-state index in [4.69, 9.17) is 11.1 Å². The van der Waals surface area contributed by atoms with Gasteiger partial charge in [0.05, 0.1) is 5.56 Å². The van der Waals surface area contributed by atoms with Gasteiger partial charge in [-0.15, -0.1) is 5.10 Å². The molecule has 0 amide bonds. The minimum Gasteiger partial charge on any atom is -0.368 e. The molecule has 2 aliphatic rings. The molecule has 2 aromatic rings. The normalized spacial score (nSPS) is 17.9. The third-order valence-corrected chi connectivity index (χ3v) is 4.92. The second kappa shape index (κ2) is 7.85. The van der Waals surface area contributed by atoms with Crippen molar-refractivity contribution in [2.75, 3.05) is 50.3 Å². The standard InChI is InChI=1S/C18H25N9/c19-12-14-16(22-8-11-26-9-6-21-7-10-26)24-18(20)27-17(14)23-15(25-27)13-4-2-1-3-5-13/h1-2,4,12,19,21-22H,3,5-11H2,(H2,20,24). The van der Waals surface area contributed by atoms with E-state index in [2.05, 4.69) is 36.7 Å². The molecule has 0 spiro atoms. The SMILES string of the molecule is N=Cc1c(NCCN2CCNCC2)nc(N)n2nc(C3=CC=CCC3)nc12. The van der Waals surface area contributed by atoms with Crippen LogP contribution in [0.5, 0.6) is 0 Å². The molecular formula is C18H25N9. The largest absolute Gasteiger partial charge is 0.368 e. The number of hydrogen-bond acceptors (Lipinski definition) is 8. The van der Waals surface area contributed by atoms with Crippen LogP contribution < -0.4 is 16.4 Å². The lowest BCUT2D eigenvalue weighted by Crippen LogP contribution is -2.45. The van der Waals surface area contributed by atoms with Gasteiger partial charge in [0.15, 0.2) is 11.5 Å². The molecule has 0 bridgehead atoms. The number of nitrogens with two attached hydrogens (primary N) is 1. The maximum absolute atomic E-state index is 7.85. The summed E-state index contributed by atoms with van der Waals surface area (Å²) in [6, 6.07) is 0. The van der Waals surface area contributed by atoms with Crippen LogP contribution in [-0.2, 0) is 0 Å². The van der Waals surface area contributed by atoms with Crippen molar-refractivity contribution in [1.29, 1.82) is 5.41 Å². The van der Waals surface area contributed by atoms with E-state index in [1.165, 1.54) is 10.7 Å². The van der Waals surface area contributed by atoms with Crippen molar-refractivity contribution in [3.8, 4) is 0 Å². The molecule has 27 heavy (non-hydrogen) atoms. The van der Waals surface area contributed by atoms with Crippen molar-refractivity contribution in [2.45, 2.75) is 12.8 Å². The van der Waals surface area contributed by atoms with Crippen LogP contribution in [0.15, 0.2) is 18.2 Å². The minimum absolute atomic E-state index is 0.269. The number of nitrogen functional groups attached to an aromatic ring is 1. The Kier molecular flexibility index (Phi) is 5.12. The molecule has 0 aromatic carbocycles. The number of piperazine rings is 1. The van der Waals surface area contributed by atoms with E-state index in [-0.39, 0.29) is 5.95 Å². The summed E-state index contributed by atoms with van der Waals surface area (Å²) in [5, 5.41) is 19.0. The molecule has 0 saturated carbocycles. The van der Waals surface area contributed by atoms with Crippen LogP contribution in [0.25, 0.3) is 11.2 Å². The summed E-state index contributed by atoms with van der Waals surface area (Å²) in [5.41, 5.74) is 8.36. The van der Waals surface area contributed by atoms with Gasteiger partial charge in [-0.25, -0.2) is 4.98 Å². The van der Waals surface area contributed by atoms with Gasteiger partial charge in [0, 0.05) is 45.5 Å². The van der Waals surface area contributed by atoms with Gasteiger partial charge in [-0.05, 0) is 18.4 Å². The number of hydrogen-bond donors (Lipinski definition) is 4. The van der Waals surface area contributed by atoms with E-state index >= 15 is 0 Å². The summed E-state index contributed by atoms with van der Waals surface area (Å²) in [4.78, 5) is 11.5. The highest BCUT2D eigenvalue weighted by Gasteiger charge is 2.18. The molecule has 5 N–H and O–H groups in total. The Morgan fingerprint density at radius 2 is 2.15 bits per heavy atom. The summed E-state index contributed by atoms with van der Waals surface area (Å²) < 4.78 is 1.52. The molecule has 0 unspecified atom stereocenters. The molecular weight excluding hydrogens is 342 g/mol. The zero-order valence-electron chi connectivity index (χ0n) is 15.3. The predicted molar refractivity (Wildman–Crippen MR) is 107 cm³/mol. The van der Waals surface area contributed by atoms with Crippen LogP contribution in [0.4, 0.5) is 11.8 Å². The number of aromatic nitrogens is 4. The summed E-state index contributed by atoms with van der Waals surface area (Å²) >= 11 is 0. The van der Waals surface area contributed by atoms with Crippen LogP contribution in [0.3, 0.4) is 0 Å². The van der Waals surface area contributed by atoms with Crippen LogP contribution in [-0.4, -0.2) is 70.0 Å². The molecule has 1 saturated heterocycles. The zero-order chi connectivity index (χ0) is 18.6. The monoisotopic (exact) mass is 367 g/mol. The summed E-state index contributed by atoms with van der Waals surface area (Å²) in [6.45, 7) is 5.80. The van der Waals surface area contributed by atoms with E-state index in [0.717, 1.165) is 57.7 Å². The Bertz CT molecular complexity index is 890. The van der Waals surface area contributed by atoms with Gasteiger partial charge in [-0.1, -0.05) is 18.2 Å². The molecule has 1 fully saturated rings. The highest BCUT2D eigenvalue weighted by atomic mass is 15.4. The van der Waals surface area contributed by atoms with Gasteiger partial charge in [0.25, 0.3) is 0 Å². The van der Waals surface area contributed by atoms with Crippen molar-refractivity contribution in [1.82, 2.24) is 29.8 Å². The number of nitrogens with zero attached hydrogens (tertiary/aromatic N) is 5. The topological polar surface area (TPSA) is 120 Å². The number of fused-ring (bicyclic) bond motifs is 1. The number of rotatable bonds is 6. The molecule has 0 radical (unpaired) electrons. The molecule has 4 rings (SSSR count). The lowest BCUT2D eigenvalue weighted by atomic mass is 10.1. The third-order valence-electron chi connectivity index (χ3n) is 4.92. The van der Waals surface area contributed by atoms with Gasteiger partial charge < -0.3 is 21.8 Å². The Hall–Kier alpha value is -2.78. The first kappa shape index (κ1) is 17.6. The summed E-state index contributed by atoms with van der Waals surface area (Å²) in [7, 11) is 0. The number of nitrogens with one attached hydrogen (secondary N) is 3. The highest BCUT2D eigenvalue weighted by molar-refractivity contribution is 5.93. The smallest absolute Gasteiger partial charge is 0.225 e. The molecule has 0 atom stereocenters. The molecule has 9 heteroatoms. The summed E-state index contributed by atoms with van der Waals surface area (Å²) in [6.07, 6.45) is 9.31. The Morgan fingerprint density at radius 1 is 1.30 bits per heavy atom. The van der Waals surface area contributed by atoms with E-state index in [0.29, 0.717) is 22.9 Å². The van der Waals surface area contributed by atoms with Gasteiger partial charge in [0.2, 0.25) is 5.95 Å². The third kappa shape index (κ3) is 3.69. The van der Waals surface area contributed by atoms with Crippen molar-refractivity contribution >= 4 is 29.2 Å². The number of anilines is 2. The van der Waals surface area contributed by atoms with E-state index < -0.39 is 0 Å². The van der Waals surface area contributed by atoms with Crippen LogP contribution in [0, 0.1) is 5.41 Å². The number of allylic oxidation sites excluding steroid dienone is 4. The average molecular weight is 367 g/mol. The lowest BCUT2D eigenvalue weighted by Gasteiger charge is -2.27. The fourth-order valence-electron chi connectivity index (χ4n) is 3.43. The fraction of sp³-hybridized carbons (Fsp3) is 0.444. The maximum atomic E-state index is 7.85.